The molecule has 0 aliphatic heterocycles. The molecule has 4 heteroatoms. The maximum absolute atomic E-state index is 12.1. The SMILES string of the molecule is CCN(CCc1nc2ccccc2c(=O)[nH]1)C1CCCC1. The first-order valence-corrected chi connectivity index (χ1v) is 8.00. The minimum atomic E-state index is -0.0282. The lowest BCUT2D eigenvalue weighted by molar-refractivity contribution is 0.210. The van der Waals surface area contributed by atoms with Crippen LogP contribution in [0.25, 0.3) is 10.9 Å². The molecule has 0 spiro atoms. The van der Waals surface area contributed by atoms with Gasteiger partial charge in [-0.3, -0.25) is 4.79 Å². The first-order chi connectivity index (χ1) is 10.3. The van der Waals surface area contributed by atoms with Gasteiger partial charge in [0.2, 0.25) is 0 Å². The molecule has 1 heterocycles. The van der Waals surface area contributed by atoms with Gasteiger partial charge in [0, 0.05) is 19.0 Å². The van der Waals surface area contributed by atoms with E-state index in [0.29, 0.717) is 5.39 Å². The molecule has 2 aromatic rings. The number of hydrogen-bond donors (Lipinski definition) is 1. The molecule has 1 saturated carbocycles. The van der Waals surface area contributed by atoms with E-state index in [1.807, 2.05) is 24.3 Å². The zero-order valence-corrected chi connectivity index (χ0v) is 12.6. The van der Waals surface area contributed by atoms with Gasteiger partial charge < -0.3 is 9.88 Å². The Hall–Kier alpha value is -1.68. The van der Waals surface area contributed by atoms with Gasteiger partial charge in [-0.1, -0.05) is 31.9 Å². The van der Waals surface area contributed by atoms with Crippen molar-refractivity contribution in [2.45, 2.75) is 45.1 Å². The Morgan fingerprint density at radius 2 is 2.05 bits per heavy atom. The summed E-state index contributed by atoms with van der Waals surface area (Å²) < 4.78 is 0. The van der Waals surface area contributed by atoms with Gasteiger partial charge in [-0.05, 0) is 31.5 Å². The summed E-state index contributed by atoms with van der Waals surface area (Å²) in [7, 11) is 0. The van der Waals surface area contributed by atoms with Crippen LogP contribution in [0.1, 0.15) is 38.4 Å². The summed E-state index contributed by atoms with van der Waals surface area (Å²) in [4.78, 5) is 22.1. The van der Waals surface area contributed by atoms with Crippen molar-refractivity contribution in [2.24, 2.45) is 0 Å². The van der Waals surface area contributed by atoms with Gasteiger partial charge in [0.25, 0.3) is 5.56 Å². The van der Waals surface area contributed by atoms with Crippen LogP contribution in [0.4, 0.5) is 0 Å². The second-order valence-corrected chi connectivity index (χ2v) is 5.85. The lowest BCUT2D eigenvalue weighted by atomic mass is 10.2. The quantitative estimate of drug-likeness (QED) is 0.919. The van der Waals surface area contributed by atoms with Crippen molar-refractivity contribution >= 4 is 10.9 Å². The zero-order chi connectivity index (χ0) is 14.7. The highest BCUT2D eigenvalue weighted by Gasteiger charge is 2.21. The fraction of sp³-hybridized carbons (Fsp3) is 0.529. The van der Waals surface area contributed by atoms with Crippen LogP contribution in [0.15, 0.2) is 29.1 Å². The average molecular weight is 285 g/mol. The number of likely N-dealkylation sites (N-methyl/N-ethyl adjacent to an activating group) is 1. The van der Waals surface area contributed by atoms with Gasteiger partial charge >= 0.3 is 0 Å². The van der Waals surface area contributed by atoms with E-state index in [0.717, 1.165) is 36.9 Å². The third-order valence-electron chi connectivity index (χ3n) is 4.55. The molecule has 0 amide bonds. The maximum atomic E-state index is 12.1. The van der Waals surface area contributed by atoms with Crippen molar-refractivity contribution < 1.29 is 0 Å². The molecule has 4 nitrogen and oxygen atoms in total. The smallest absolute Gasteiger partial charge is 0.258 e. The average Bonchev–Trinajstić information content (AvgIpc) is 3.02. The van der Waals surface area contributed by atoms with E-state index in [2.05, 4.69) is 21.8 Å². The zero-order valence-electron chi connectivity index (χ0n) is 12.6. The third-order valence-corrected chi connectivity index (χ3v) is 4.55. The molecule has 1 N–H and O–H groups in total. The highest BCUT2D eigenvalue weighted by Crippen LogP contribution is 2.23. The summed E-state index contributed by atoms with van der Waals surface area (Å²) in [5, 5.41) is 0.671. The number of rotatable bonds is 5. The Labute approximate surface area is 125 Å². The summed E-state index contributed by atoms with van der Waals surface area (Å²) in [5.74, 6) is 0.801. The molecule has 3 rings (SSSR count). The normalized spacial score (nSPS) is 16.1. The van der Waals surface area contributed by atoms with Crippen LogP contribution in [0, 0.1) is 0 Å². The first-order valence-electron chi connectivity index (χ1n) is 8.00. The predicted molar refractivity (Wildman–Crippen MR) is 85.6 cm³/mol. The molecule has 1 fully saturated rings. The molecular formula is C17H23N3O. The summed E-state index contributed by atoms with van der Waals surface area (Å²) in [6, 6.07) is 8.25. The number of aromatic amines is 1. The summed E-state index contributed by atoms with van der Waals surface area (Å²) in [6.45, 7) is 4.26. The molecule has 21 heavy (non-hydrogen) atoms. The van der Waals surface area contributed by atoms with Crippen molar-refractivity contribution in [2.75, 3.05) is 13.1 Å². The van der Waals surface area contributed by atoms with Gasteiger partial charge in [0.15, 0.2) is 0 Å². The van der Waals surface area contributed by atoms with Crippen molar-refractivity contribution in [1.82, 2.24) is 14.9 Å². The molecule has 1 aromatic carbocycles. The third kappa shape index (κ3) is 3.16. The van der Waals surface area contributed by atoms with E-state index in [9.17, 15) is 4.79 Å². The highest BCUT2D eigenvalue weighted by molar-refractivity contribution is 5.77. The van der Waals surface area contributed by atoms with Gasteiger partial charge in [0.1, 0.15) is 5.82 Å². The van der Waals surface area contributed by atoms with E-state index in [4.69, 9.17) is 0 Å². The number of fused-ring (bicyclic) bond motifs is 1. The molecule has 0 radical (unpaired) electrons. The second-order valence-electron chi connectivity index (χ2n) is 5.85. The molecule has 1 aromatic heterocycles. The van der Waals surface area contributed by atoms with Crippen LogP contribution in [0.2, 0.25) is 0 Å². The van der Waals surface area contributed by atoms with Crippen LogP contribution in [0.3, 0.4) is 0 Å². The Kier molecular flexibility index (Phi) is 4.34. The van der Waals surface area contributed by atoms with Crippen molar-refractivity contribution in [1.29, 1.82) is 0 Å². The lowest BCUT2D eigenvalue weighted by Gasteiger charge is -2.27. The Morgan fingerprint density at radius 3 is 2.81 bits per heavy atom. The van der Waals surface area contributed by atoms with Crippen LogP contribution >= 0.6 is 0 Å². The van der Waals surface area contributed by atoms with Crippen molar-refractivity contribution in [3.63, 3.8) is 0 Å². The van der Waals surface area contributed by atoms with Crippen LogP contribution < -0.4 is 5.56 Å². The molecule has 0 saturated heterocycles. The molecular weight excluding hydrogens is 262 g/mol. The van der Waals surface area contributed by atoms with Gasteiger partial charge in [-0.15, -0.1) is 0 Å². The highest BCUT2D eigenvalue weighted by atomic mass is 16.1. The molecule has 112 valence electrons. The van der Waals surface area contributed by atoms with E-state index < -0.39 is 0 Å². The number of para-hydroxylation sites is 1. The van der Waals surface area contributed by atoms with E-state index in [-0.39, 0.29) is 5.56 Å². The summed E-state index contributed by atoms with van der Waals surface area (Å²) in [6.07, 6.45) is 6.15. The minimum absolute atomic E-state index is 0.0282. The fourth-order valence-electron chi connectivity index (χ4n) is 3.37. The number of nitrogens with one attached hydrogen (secondary N) is 1. The largest absolute Gasteiger partial charge is 0.310 e. The van der Waals surface area contributed by atoms with Gasteiger partial charge in [-0.2, -0.15) is 0 Å². The van der Waals surface area contributed by atoms with Gasteiger partial charge in [-0.25, -0.2) is 4.98 Å². The minimum Gasteiger partial charge on any atom is -0.310 e. The van der Waals surface area contributed by atoms with Crippen molar-refractivity contribution in [3.05, 3.63) is 40.4 Å². The molecule has 0 atom stereocenters. The monoisotopic (exact) mass is 285 g/mol. The van der Waals surface area contributed by atoms with E-state index in [1.165, 1.54) is 25.7 Å². The standard InChI is InChI=1S/C17H23N3O/c1-2-20(13-7-3-4-8-13)12-11-16-18-15-10-6-5-9-14(15)17(21)19-16/h5-6,9-10,13H,2-4,7-8,11-12H2,1H3,(H,18,19,21). The Morgan fingerprint density at radius 1 is 1.29 bits per heavy atom. The number of hydrogen-bond acceptors (Lipinski definition) is 3. The molecule has 0 unspecified atom stereocenters. The van der Waals surface area contributed by atoms with E-state index >= 15 is 0 Å². The Balaban J connectivity index is 1.73. The van der Waals surface area contributed by atoms with Crippen molar-refractivity contribution in [3.8, 4) is 0 Å². The molecule has 1 aliphatic rings. The molecule has 1 aliphatic carbocycles. The lowest BCUT2D eigenvalue weighted by Crippen LogP contribution is -2.35. The van der Waals surface area contributed by atoms with E-state index in [1.54, 1.807) is 0 Å². The van der Waals surface area contributed by atoms with Crippen LogP contribution in [0.5, 0.6) is 0 Å². The van der Waals surface area contributed by atoms with Crippen LogP contribution in [-0.4, -0.2) is 34.0 Å². The Bertz CT molecular complexity index is 658. The maximum Gasteiger partial charge on any atom is 0.258 e. The topological polar surface area (TPSA) is 49.0 Å². The summed E-state index contributed by atoms with van der Waals surface area (Å²) in [5.41, 5.74) is 0.764. The van der Waals surface area contributed by atoms with Crippen LogP contribution in [-0.2, 0) is 6.42 Å². The number of aromatic nitrogens is 2. The second kappa shape index (κ2) is 6.39. The predicted octanol–water partition coefficient (Wildman–Crippen LogP) is 2.73. The molecule has 0 bridgehead atoms. The summed E-state index contributed by atoms with van der Waals surface area (Å²) >= 11 is 0. The van der Waals surface area contributed by atoms with Gasteiger partial charge in [0.05, 0.1) is 10.9 Å². The number of benzene rings is 1. The number of H-pyrrole nitrogens is 1. The number of nitrogens with zero attached hydrogens (tertiary/aromatic N) is 2. The fourth-order valence-corrected chi connectivity index (χ4v) is 3.37. The first kappa shape index (κ1) is 14.3.